The van der Waals surface area contributed by atoms with Crippen molar-refractivity contribution in [3.63, 3.8) is 0 Å². The summed E-state index contributed by atoms with van der Waals surface area (Å²) in [6.07, 6.45) is 3.98. The van der Waals surface area contributed by atoms with E-state index in [1.165, 1.54) is 19.2 Å². The molecule has 0 unspecified atom stereocenters. The Balaban J connectivity index is 2.06. The smallest absolute Gasteiger partial charge is 0.257 e. The van der Waals surface area contributed by atoms with Gasteiger partial charge in [-0.15, -0.1) is 0 Å². The number of nitrogens with zero attached hydrogens (tertiary/aromatic N) is 1. The summed E-state index contributed by atoms with van der Waals surface area (Å²) in [7, 11) is -1.91. The van der Waals surface area contributed by atoms with Gasteiger partial charge in [0.2, 0.25) is 10.0 Å². The molecule has 7 heteroatoms. The molecule has 6 nitrogen and oxygen atoms in total. The number of sulfonamides is 1. The van der Waals surface area contributed by atoms with E-state index in [4.69, 9.17) is 4.74 Å². The predicted octanol–water partition coefficient (Wildman–Crippen LogP) is 1.38. The van der Waals surface area contributed by atoms with Gasteiger partial charge < -0.3 is 10.1 Å². The van der Waals surface area contributed by atoms with Crippen LogP contribution in [0.15, 0.2) is 29.2 Å². The Morgan fingerprint density at radius 3 is 2.27 bits per heavy atom. The van der Waals surface area contributed by atoms with Crippen molar-refractivity contribution >= 4 is 15.9 Å². The van der Waals surface area contributed by atoms with Crippen LogP contribution in [0, 0.1) is 0 Å². The van der Waals surface area contributed by atoms with E-state index in [9.17, 15) is 13.2 Å². The van der Waals surface area contributed by atoms with Crippen molar-refractivity contribution in [1.82, 2.24) is 9.62 Å². The lowest BCUT2D eigenvalue weighted by molar-refractivity contribution is -0.122. The zero-order chi connectivity index (χ0) is 16.0. The van der Waals surface area contributed by atoms with Crippen molar-refractivity contribution < 1.29 is 17.9 Å². The molecule has 1 aromatic rings. The van der Waals surface area contributed by atoms with Crippen LogP contribution < -0.4 is 10.1 Å². The normalized spacial score (nSPS) is 16.8. The Kier molecular flexibility index (Phi) is 5.79. The van der Waals surface area contributed by atoms with Crippen LogP contribution in [0.2, 0.25) is 0 Å². The average Bonchev–Trinajstić information content (AvgIpc) is 2.82. The second kappa shape index (κ2) is 7.60. The molecule has 22 heavy (non-hydrogen) atoms. The monoisotopic (exact) mass is 326 g/mol. The maximum Gasteiger partial charge on any atom is 0.257 e. The highest BCUT2D eigenvalue weighted by Gasteiger charge is 2.24. The number of amides is 1. The molecule has 0 aromatic heterocycles. The summed E-state index contributed by atoms with van der Waals surface area (Å²) in [5.41, 5.74) is 0. The van der Waals surface area contributed by atoms with Gasteiger partial charge in [0, 0.05) is 20.1 Å². The number of nitrogens with one attached hydrogen (secondary N) is 1. The topological polar surface area (TPSA) is 75.7 Å². The fraction of sp³-hybridized carbons (Fsp3) is 0.533. The Hall–Kier alpha value is -1.60. The van der Waals surface area contributed by atoms with Crippen LogP contribution in [0.25, 0.3) is 0 Å². The molecular formula is C15H22N2O4S. The van der Waals surface area contributed by atoms with Crippen LogP contribution in [0.4, 0.5) is 0 Å². The van der Waals surface area contributed by atoms with Crippen molar-refractivity contribution in [2.45, 2.75) is 30.6 Å². The summed E-state index contributed by atoms with van der Waals surface area (Å²) in [6.45, 7) is 1.07. The molecule has 0 aliphatic carbocycles. The van der Waals surface area contributed by atoms with Crippen molar-refractivity contribution in [1.29, 1.82) is 0 Å². The van der Waals surface area contributed by atoms with E-state index in [2.05, 4.69) is 5.32 Å². The standard InChI is InChI=1S/C15H22N2O4S/c1-16-15(18)12-21-13-6-8-14(9-7-13)22(19,20)17-10-4-2-3-5-11-17/h6-9H,2-5,10-12H2,1H3,(H,16,18). The maximum absolute atomic E-state index is 12.6. The first kappa shape index (κ1) is 16.8. The van der Waals surface area contributed by atoms with Gasteiger partial charge in [-0.25, -0.2) is 8.42 Å². The minimum atomic E-state index is -3.44. The minimum absolute atomic E-state index is 0.0886. The van der Waals surface area contributed by atoms with E-state index in [1.54, 1.807) is 16.4 Å². The molecule has 122 valence electrons. The van der Waals surface area contributed by atoms with Gasteiger partial charge in [-0.05, 0) is 37.1 Å². The van der Waals surface area contributed by atoms with Crippen molar-refractivity contribution in [3.05, 3.63) is 24.3 Å². The third-order valence-electron chi connectivity index (χ3n) is 3.68. The quantitative estimate of drug-likeness (QED) is 0.887. The van der Waals surface area contributed by atoms with Crippen molar-refractivity contribution in [2.75, 3.05) is 26.7 Å². The van der Waals surface area contributed by atoms with Crippen LogP contribution in [0.1, 0.15) is 25.7 Å². The molecule has 1 aromatic carbocycles. The molecule has 1 amide bonds. The Morgan fingerprint density at radius 2 is 1.73 bits per heavy atom. The molecule has 1 N–H and O–H groups in total. The molecule has 1 fully saturated rings. The molecule has 0 radical (unpaired) electrons. The lowest BCUT2D eigenvalue weighted by Crippen LogP contribution is -2.31. The summed E-state index contributed by atoms with van der Waals surface area (Å²) >= 11 is 0. The van der Waals surface area contributed by atoms with Gasteiger partial charge in [0.25, 0.3) is 5.91 Å². The first-order chi connectivity index (χ1) is 10.5. The van der Waals surface area contributed by atoms with Gasteiger partial charge >= 0.3 is 0 Å². The van der Waals surface area contributed by atoms with Crippen molar-refractivity contribution in [2.24, 2.45) is 0 Å². The number of benzene rings is 1. The van der Waals surface area contributed by atoms with Gasteiger partial charge in [0.05, 0.1) is 4.90 Å². The maximum atomic E-state index is 12.6. The summed E-state index contributed by atoms with van der Waals surface area (Å²) in [5, 5.41) is 2.45. The molecule has 0 spiro atoms. The third-order valence-corrected chi connectivity index (χ3v) is 5.59. The van der Waals surface area contributed by atoms with Crippen LogP contribution in [0.5, 0.6) is 5.75 Å². The highest BCUT2D eigenvalue weighted by Crippen LogP contribution is 2.22. The Bertz CT molecular complexity index is 590. The summed E-state index contributed by atoms with van der Waals surface area (Å²) in [6, 6.07) is 6.21. The van der Waals surface area contributed by atoms with E-state index < -0.39 is 10.0 Å². The lowest BCUT2D eigenvalue weighted by atomic mass is 10.2. The van der Waals surface area contributed by atoms with E-state index >= 15 is 0 Å². The fourth-order valence-electron chi connectivity index (χ4n) is 2.36. The first-order valence-corrected chi connectivity index (χ1v) is 8.91. The number of hydrogen-bond acceptors (Lipinski definition) is 4. The van der Waals surface area contributed by atoms with E-state index in [0.29, 0.717) is 18.8 Å². The number of carbonyl (C=O) groups excluding carboxylic acids is 1. The largest absolute Gasteiger partial charge is 0.484 e. The van der Waals surface area contributed by atoms with Gasteiger partial charge in [0.1, 0.15) is 5.75 Å². The second-order valence-corrected chi connectivity index (χ2v) is 7.19. The van der Waals surface area contributed by atoms with E-state index in [-0.39, 0.29) is 17.4 Å². The Labute approximate surface area is 131 Å². The number of carbonyl (C=O) groups is 1. The average molecular weight is 326 g/mol. The van der Waals surface area contributed by atoms with Crippen LogP contribution in [0.3, 0.4) is 0 Å². The highest BCUT2D eigenvalue weighted by atomic mass is 32.2. The number of likely N-dealkylation sites (N-methyl/N-ethyl adjacent to an activating group) is 1. The molecule has 1 aliphatic rings. The van der Waals surface area contributed by atoms with Crippen molar-refractivity contribution in [3.8, 4) is 5.75 Å². The molecule has 1 saturated heterocycles. The van der Waals surface area contributed by atoms with Gasteiger partial charge in [-0.3, -0.25) is 4.79 Å². The summed E-state index contributed by atoms with van der Waals surface area (Å²) in [4.78, 5) is 11.4. The van der Waals surface area contributed by atoms with Gasteiger partial charge in [0.15, 0.2) is 6.61 Å². The SMILES string of the molecule is CNC(=O)COc1ccc(S(=O)(=O)N2CCCCCC2)cc1. The zero-order valence-corrected chi connectivity index (χ0v) is 13.6. The van der Waals surface area contributed by atoms with E-state index in [0.717, 1.165) is 25.7 Å². The minimum Gasteiger partial charge on any atom is -0.484 e. The van der Waals surface area contributed by atoms with Gasteiger partial charge in [-0.2, -0.15) is 4.31 Å². The number of ether oxygens (including phenoxy) is 1. The molecule has 1 heterocycles. The van der Waals surface area contributed by atoms with Crippen LogP contribution >= 0.6 is 0 Å². The highest BCUT2D eigenvalue weighted by molar-refractivity contribution is 7.89. The zero-order valence-electron chi connectivity index (χ0n) is 12.7. The van der Waals surface area contributed by atoms with Crippen LogP contribution in [-0.2, 0) is 14.8 Å². The third kappa shape index (κ3) is 4.20. The first-order valence-electron chi connectivity index (χ1n) is 7.47. The summed E-state index contributed by atoms with van der Waals surface area (Å²) in [5.74, 6) is 0.236. The Morgan fingerprint density at radius 1 is 1.14 bits per heavy atom. The van der Waals surface area contributed by atoms with Crippen LogP contribution in [-0.4, -0.2) is 45.4 Å². The lowest BCUT2D eigenvalue weighted by Gasteiger charge is -2.20. The molecule has 2 rings (SSSR count). The molecule has 1 aliphatic heterocycles. The molecular weight excluding hydrogens is 304 g/mol. The fourth-order valence-corrected chi connectivity index (χ4v) is 3.88. The second-order valence-electron chi connectivity index (χ2n) is 5.25. The number of hydrogen-bond donors (Lipinski definition) is 1. The molecule has 0 atom stereocenters. The summed E-state index contributed by atoms with van der Waals surface area (Å²) < 4.78 is 32.0. The van der Waals surface area contributed by atoms with Gasteiger partial charge in [-0.1, -0.05) is 12.8 Å². The van der Waals surface area contributed by atoms with E-state index in [1.807, 2.05) is 0 Å². The predicted molar refractivity (Wildman–Crippen MR) is 83.2 cm³/mol. The molecule has 0 saturated carbocycles. The molecule has 0 bridgehead atoms. The number of rotatable bonds is 5.